The maximum Gasteiger partial charge on any atom is 0.114 e. The van der Waals surface area contributed by atoms with Gasteiger partial charge in [0.05, 0.1) is 48.1 Å². The normalized spacial score (nSPS) is 11.5. The minimum Gasteiger partial charge on any atom is -0.393 e. The SMILES string of the molecule is CN/C=C\Nc1c(-n2ccnc2)c(-n2ccnc2)c(-n2ccnc2)c(-n2ccnc2)c1-n1cc[nH]1. The molecule has 6 rings (SSSR count). The minimum atomic E-state index is 0.836. The van der Waals surface area contributed by atoms with Gasteiger partial charge in [-0.3, -0.25) is 9.78 Å². The molecule has 0 saturated carbocycles. The molecule has 0 aliphatic carbocycles. The van der Waals surface area contributed by atoms with Crippen LogP contribution >= 0.6 is 0 Å². The van der Waals surface area contributed by atoms with Gasteiger partial charge in [-0.25, -0.2) is 19.9 Å². The molecule has 174 valence electrons. The van der Waals surface area contributed by atoms with E-state index in [9.17, 15) is 0 Å². The number of hydrogen-bond acceptors (Lipinski definition) is 6. The Morgan fingerprint density at radius 3 is 1.49 bits per heavy atom. The van der Waals surface area contributed by atoms with E-state index in [2.05, 4.69) is 35.7 Å². The smallest absolute Gasteiger partial charge is 0.114 e. The Balaban J connectivity index is 1.84. The van der Waals surface area contributed by atoms with Crippen LogP contribution in [0.15, 0.2) is 99.7 Å². The first-order chi connectivity index (χ1) is 17.4. The van der Waals surface area contributed by atoms with Gasteiger partial charge in [-0.1, -0.05) is 0 Å². The van der Waals surface area contributed by atoms with Crippen LogP contribution in [0.25, 0.3) is 28.4 Å². The monoisotopic (exact) mass is 466 g/mol. The molecule has 12 nitrogen and oxygen atoms in total. The third kappa shape index (κ3) is 3.40. The molecule has 0 bridgehead atoms. The van der Waals surface area contributed by atoms with E-state index in [4.69, 9.17) is 0 Å². The summed E-state index contributed by atoms with van der Waals surface area (Å²) in [6.45, 7) is 0. The average Bonchev–Trinajstić information content (AvgIpc) is 3.64. The van der Waals surface area contributed by atoms with Crippen molar-refractivity contribution >= 4 is 5.69 Å². The highest BCUT2D eigenvalue weighted by molar-refractivity contribution is 5.92. The molecular weight excluding hydrogens is 444 g/mol. The largest absolute Gasteiger partial charge is 0.393 e. The lowest BCUT2D eigenvalue weighted by Crippen LogP contribution is -2.19. The summed E-state index contributed by atoms with van der Waals surface area (Å²) < 4.78 is 9.91. The van der Waals surface area contributed by atoms with Crippen LogP contribution in [-0.2, 0) is 0 Å². The van der Waals surface area contributed by atoms with Gasteiger partial charge in [0, 0.05) is 81.4 Å². The minimum absolute atomic E-state index is 0.836. The van der Waals surface area contributed by atoms with Gasteiger partial charge in [0.15, 0.2) is 0 Å². The zero-order chi connectivity index (χ0) is 23.6. The zero-order valence-corrected chi connectivity index (χ0v) is 18.8. The van der Waals surface area contributed by atoms with Crippen molar-refractivity contribution in [2.24, 2.45) is 0 Å². The van der Waals surface area contributed by atoms with Crippen molar-refractivity contribution in [3.05, 3.63) is 99.7 Å². The molecule has 0 fully saturated rings. The van der Waals surface area contributed by atoms with E-state index < -0.39 is 0 Å². The van der Waals surface area contributed by atoms with Crippen molar-refractivity contribution in [3.8, 4) is 28.4 Å². The Kier molecular flexibility index (Phi) is 5.00. The third-order valence-electron chi connectivity index (χ3n) is 5.58. The number of H-pyrrole nitrogens is 1. The van der Waals surface area contributed by atoms with Gasteiger partial charge in [-0.2, -0.15) is 0 Å². The van der Waals surface area contributed by atoms with Crippen LogP contribution in [0.4, 0.5) is 5.69 Å². The topological polar surface area (TPSA) is 116 Å². The summed E-state index contributed by atoms with van der Waals surface area (Å²) >= 11 is 0. The van der Waals surface area contributed by atoms with E-state index in [0.717, 1.165) is 34.1 Å². The lowest BCUT2D eigenvalue weighted by atomic mass is 10.1. The highest BCUT2D eigenvalue weighted by Gasteiger charge is 2.29. The number of aromatic nitrogens is 10. The van der Waals surface area contributed by atoms with Crippen LogP contribution in [0.5, 0.6) is 0 Å². The van der Waals surface area contributed by atoms with Crippen LogP contribution in [-0.4, -0.2) is 55.0 Å². The zero-order valence-electron chi connectivity index (χ0n) is 18.8. The van der Waals surface area contributed by atoms with E-state index in [-0.39, 0.29) is 0 Å². The molecule has 0 saturated heterocycles. The van der Waals surface area contributed by atoms with Gasteiger partial charge in [-0.15, -0.1) is 0 Å². The fraction of sp³-hybridized carbons (Fsp3) is 0.0435. The first-order valence-electron chi connectivity index (χ1n) is 10.8. The number of hydrogen-bond donors (Lipinski definition) is 3. The van der Waals surface area contributed by atoms with E-state index >= 15 is 0 Å². The summed E-state index contributed by atoms with van der Waals surface area (Å²) in [5.74, 6) is 0. The molecule has 1 aromatic carbocycles. The van der Waals surface area contributed by atoms with Crippen LogP contribution in [0, 0.1) is 0 Å². The lowest BCUT2D eigenvalue weighted by Gasteiger charge is -2.28. The second-order valence-corrected chi connectivity index (χ2v) is 7.58. The van der Waals surface area contributed by atoms with E-state index in [1.54, 1.807) is 50.1 Å². The molecule has 0 aliphatic rings. The van der Waals surface area contributed by atoms with Crippen LogP contribution in [0.1, 0.15) is 0 Å². The van der Waals surface area contributed by atoms with Gasteiger partial charge in [0.25, 0.3) is 0 Å². The van der Waals surface area contributed by atoms with E-state index in [0.29, 0.717) is 0 Å². The number of benzene rings is 1. The maximum atomic E-state index is 4.34. The predicted molar refractivity (Wildman–Crippen MR) is 130 cm³/mol. The van der Waals surface area contributed by atoms with Crippen molar-refractivity contribution < 1.29 is 0 Å². The van der Waals surface area contributed by atoms with E-state index in [1.165, 1.54) is 0 Å². The first-order valence-corrected chi connectivity index (χ1v) is 10.8. The third-order valence-corrected chi connectivity index (χ3v) is 5.58. The summed E-state index contributed by atoms with van der Waals surface area (Å²) in [6, 6.07) is 0. The van der Waals surface area contributed by atoms with Gasteiger partial charge < -0.3 is 28.9 Å². The van der Waals surface area contributed by atoms with Crippen molar-refractivity contribution in [1.82, 2.24) is 53.3 Å². The Bertz CT molecular complexity index is 1520. The molecule has 35 heavy (non-hydrogen) atoms. The molecule has 0 spiro atoms. The number of aromatic amines is 1. The van der Waals surface area contributed by atoms with Crippen LogP contribution in [0.2, 0.25) is 0 Å². The van der Waals surface area contributed by atoms with Crippen LogP contribution in [0.3, 0.4) is 0 Å². The molecule has 0 aliphatic heterocycles. The molecule has 0 radical (unpaired) electrons. The first kappa shape index (κ1) is 20.4. The fourth-order valence-electron chi connectivity index (χ4n) is 4.10. The molecule has 6 aromatic rings. The van der Waals surface area contributed by atoms with Crippen LogP contribution < -0.4 is 10.6 Å². The van der Waals surface area contributed by atoms with Crippen molar-refractivity contribution in [3.63, 3.8) is 0 Å². The molecule has 5 heterocycles. The highest BCUT2D eigenvalue weighted by Crippen LogP contribution is 2.43. The van der Waals surface area contributed by atoms with Crippen molar-refractivity contribution in [2.45, 2.75) is 0 Å². The fourth-order valence-corrected chi connectivity index (χ4v) is 4.10. The summed E-state index contributed by atoms with van der Waals surface area (Å²) in [5, 5.41) is 9.80. The number of anilines is 1. The summed E-state index contributed by atoms with van der Waals surface area (Å²) in [4.78, 5) is 17.4. The van der Waals surface area contributed by atoms with Crippen molar-refractivity contribution in [1.29, 1.82) is 0 Å². The standard InChI is InChI=1S/C23H22N12/c1-24-2-3-29-18-19(31-9-4-25-14-31)21(32-10-5-26-15-32)23(34-12-7-28-17-34)22(33-11-6-27-16-33)20(18)35-13-8-30-35/h2-17,24,29-30H,1H3/b3-2-. The Morgan fingerprint density at radius 2 is 1.09 bits per heavy atom. The molecule has 0 unspecified atom stereocenters. The van der Waals surface area contributed by atoms with Gasteiger partial charge >= 0.3 is 0 Å². The number of rotatable bonds is 8. The van der Waals surface area contributed by atoms with Gasteiger partial charge in [0.1, 0.15) is 11.4 Å². The lowest BCUT2D eigenvalue weighted by molar-refractivity contribution is 0.773. The Hall–Kier alpha value is -5.26. The number of nitrogens with zero attached hydrogens (tertiary/aromatic N) is 9. The molecular formula is C23H22N12. The summed E-state index contributed by atoms with van der Waals surface area (Å²) in [5.41, 5.74) is 5.21. The van der Waals surface area contributed by atoms with Crippen molar-refractivity contribution in [2.75, 3.05) is 12.4 Å². The molecule has 12 heteroatoms. The Labute approximate surface area is 199 Å². The van der Waals surface area contributed by atoms with Gasteiger partial charge in [0.2, 0.25) is 0 Å². The maximum absolute atomic E-state index is 4.34. The van der Waals surface area contributed by atoms with Gasteiger partial charge in [-0.05, 0) is 0 Å². The predicted octanol–water partition coefficient (Wildman–Crippen LogP) is 2.65. The second-order valence-electron chi connectivity index (χ2n) is 7.58. The second kappa shape index (κ2) is 8.59. The molecule has 3 N–H and O–H groups in total. The van der Waals surface area contributed by atoms with E-state index in [1.807, 2.05) is 79.6 Å². The highest BCUT2D eigenvalue weighted by atomic mass is 15.3. The molecule has 0 atom stereocenters. The molecule has 5 aromatic heterocycles. The summed E-state index contributed by atoms with van der Waals surface area (Å²) in [6.07, 6.45) is 29.4. The number of nitrogens with one attached hydrogen (secondary N) is 3. The average molecular weight is 467 g/mol. The summed E-state index contributed by atoms with van der Waals surface area (Å²) in [7, 11) is 1.85. The molecule has 0 amide bonds. The number of imidazole rings is 4. The quantitative estimate of drug-likeness (QED) is 0.318. The Morgan fingerprint density at radius 1 is 0.629 bits per heavy atom.